The number of aliphatic hydroxyl groups excluding tert-OH is 1. The number of ether oxygens (including phenoxy) is 4. The van der Waals surface area contributed by atoms with Crippen molar-refractivity contribution in [1.82, 2.24) is 0 Å². The molecule has 0 aromatic carbocycles. The third-order valence-electron chi connectivity index (χ3n) is 18.5. The van der Waals surface area contributed by atoms with Gasteiger partial charge in [-0.3, -0.25) is 37.3 Å². The summed E-state index contributed by atoms with van der Waals surface area (Å²) in [6.45, 7) is 11.9. The van der Waals surface area contributed by atoms with E-state index in [4.69, 9.17) is 37.0 Å². The third-order valence-corrected chi connectivity index (χ3v) is 20.4. The molecule has 0 aliphatic carbocycles. The SMILES string of the molecule is CCCCCCCCCCCCCCCCCCCCCCC(=O)O[C@H](COC(=O)CCCCCCCCCCCCCC(C)C)COP(=O)(O)OC[C@@H](O)COP(=O)(O)OC[C@@H](COC(=O)CCCCCCCCC(C)CC)OC(=O)CCCCCCCCCCCCC(C)C. The van der Waals surface area contributed by atoms with Crippen molar-refractivity contribution in [3.8, 4) is 0 Å². The van der Waals surface area contributed by atoms with E-state index in [-0.39, 0.29) is 25.7 Å². The summed E-state index contributed by atoms with van der Waals surface area (Å²) in [6, 6.07) is 0. The molecule has 0 saturated carbocycles. The molecule has 19 heteroatoms. The normalized spacial score (nSPS) is 14.3. The molecular weight excluding hydrogens is 1270 g/mol. The monoisotopic (exact) mass is 1420 g/mol. The number of phosphoric acid groups is 2. The maximum Gasteiger partial charge on any atom is 0.472 e. The second-order valence-corrected chi connectivity index (χ2v) is 32.2. The van der Waals surface area contributed by atoms with E-state index in [1.807, 2.05) is 0 Å². The quantitative estimate of drug-likeness (QED) is 0.0222. The average Bonchev–Trinajstić information content (AvgIpc) is 0.999. The number of rotatable bonds is 76. The number of hydrogen-bond acceptors (Lipinski definition) is 15. The Hall–Kier alpha value is -1.94. The van der Waals surface area contributed by atoms with Gasteiger partial charge in [-0.15, -0.1) is 0 Å². The van der Waals surface area contributed by atoms with Crippen LogP contribution in [0.1, 0.15) is 402 Å². The lowest BCUT2D eigenvalue weighted by atomic mass is 10.00. The topological polar surface area (TPSA) is 237 Å². The lowest BCUT2D eigenvalue weighted by Crippen LogP contribution is -2.30. The van der Waals surface area contributed by atoms with Crippen molar-refractivity contribution < 1.29 is 80.2 Å². The van der Waals surface area contributed by atoms with Gasteiger partial charge in [0.2, 0.25) is 0 Å². The molecule has 6 atom stereocenters. The first-order valence-corrected chi connectivity index (χ1v) is 43.4. The largest absolute Gasteiger partial charge is 0.472 e. The molecule has 0 rings (SSSR count). The van der Waals surface area contributed by atoms with Crippen molar-refractivity contribution in [3.63, 3.8) is 0 Å². The summed E-state index contributed by atoms with van der Waals surface area (Å²) in [5.74, 6) is 0.137. The zero-order chi connectivity index (χ0) is 71.6. The van der Waals surface area contributed by atoms with Gasteiger partial charge in [0.25, 0.3) is 0 Å². The van der Waals surface area contributed by atoms with Crippen LogP contribution in [0.25, 0.3) is 0 Å². The van der Waals surface area contributed by atoms with E-state index >= 15 is 0 Å². The van der Waals surface area contributed by atoms with Crippen LogP contribution in [0.3, 0.4) is 0 Å². The fourth-order valence-electron chi connectivity index (χ4n) is 11.9. The standard InChI is InChI=1S/C78H152O17P2/c1-8-10-11-12-13-14-15-16-17-18-19-20-21-22-23-26-33-38-47-54-61-77(82)94-73(65-88-75(80)59-52-45-37-32-27-24-25-30-35-42-49-56-69(3)4)67-92-96(84,85)90-63-72(79)64-91-97(86,87)93-68-74(66-89-76(81)60-53-46-41-40-44-51-58-71(7)9-2)95-78(83)62-55-48-39-34-29-28-31-36-43-50-57-70(5)6/h69-74,79H,8-68H2,1-7H3,(H,84,85)(H,86,87)/t71?,72-,73-,74-/m1/s1. The fourth-order valence-corrected chi connectivity index (χ4v) is 13.5. The Morgan fingerprint density at radius 1 is 0.299 bits per heavy atom. The second kappa shape index (κ2) is 68.5. The first-order valence-electron chi connectivity index (χ1n) is 40.4. The Labute approximate surface area is 594 Å². The van der Waals surface area contributed by atoms with Gasteiger partial charge in [-0.1, -0.05) is 350 Å². The zero-order valence-corrected chi connectivity index (χ0v) is 65.3. The first-order chi connectivity index (χ1) is 46.8. The lowest BCUT2D eigenvalue weighted by molar-refractivity contribution is -0.161. The van der Waals surface area contributed by atoms with Gasteiger partial charge in [-0.05, 0) is 43.4 Å². The minimum atomic E-state index is -4.96. The molecule has 0 fully saturated rings. The highest BCUT2D eigenvalue weighted by Crippen LogP contribution is 2.45. The summed E-state index contributed by atoms with van der Waals surface area (Å²) in [5.41, 5.74) is 0. The number of aliphatic hydroxyl groups is 1. The molecule has 576 valence electrons. The smallest absolute Gasteiger partial charge is 0.462 e. The minimum Gasteiger partial charge on any atom is -0.462 e. The third kappa shape index (κ3) is 70.9. The van der Waals surface area contributed by atoms with E-state index in [0.717, 1.165) is 114 Å². The number of carbonyl (C=O) groups is 4. The Morgan fingerprint density at radius 3 is 0.784 bits per heavy atom. The van der Waals surface area contributed by atoms with E-state index in [1.165, 1.54) is 205 Å². The molecule has 0 heterocycles. The molecule has 0 aliphatic rings. The van der Waals surface area contributed by atoms with E-state index in [2.05, 4.69) is 48.5 Å². The molecule has 0 bridgehead atoms. The maximum atomic E-state index is 13.1. The number of hydrogen-bond donors (Lipinski definition) is 3. The van der Waals surface area contributed by atoms with Gasteiger partial charge in [0.05, 0.1) is 26.4 Å². The minimum absolute atomic E-state index is 0.105. The summed E-state index contributed by atoms with van der Waals surface area (Å²) in [5, 5.41) is 10.6. The molecular formula is C78H152O17P2. The second-order valence-electron chi connectivity index (χ2n) is 29.3. The van der Waals surface area contributed by atoms with Gasteiger partial charge in [-0.2, -0.15) is 0 Å². The molecule has 17 nitrogen and oxygen atoms in total. The highest BCUT2D eigenvalue weighted by atomic mass is 31.2. The van der Waals surface area contributed by atoms with Gasteiger partial charge < -0.3 is 33.8 Å². The van der Waals surface area contributed by atoms with E-state index in [9.17, 15) is 43.2 Å². The van der Waals surface area contributed by atoms with Gasteiger partial charge in [0, 0.05) is 25.7 Å². The molecule has 3 unspecified atom stereocenters. The number of unbranched alkanes of at least 4 members (excludes halogenated alkanes) is 43. The van der Waals surface area contributed by atoms with Gasteiger partial charge in [0.1, 0.15) is 19.3 Å². The Balaban J connectivity index is 5.23. The van der Waals surface area contributed by atoms with Crippen LogP contribution in [0.15, 0.2) is 0 Å². The Kier molecular flexibility index (Phi) is 67.1. The van der Waals surface area contributed by atoms with Crippen LogP contribution in [0.5, 0.6) is 0 Å². The lowest BCUT2D eigenvalue weighted by Gasteiger charge is -2.21. The molecule has 0 aromatic heterocycles. The number of esters is 4. The van der Waals surface area contributed by atoms with Crippen molar-refractivity contribution >= 4 is 39.5 Å². The van der Waals surface area contributed by atoms with Crippen molar-refractivity contribution in [2.45, 2.75) is 420 Å². The van der Waals surface area contributed by atoms with E-state index < -0.39 is 97.5 Å². The van der Waals surface area contributed by atoms with Gasteiger partial charge >= 0.3 is 39.5 Å². The molecule has 3 N–H and O–H groups in total. The first kappa shape index (κ1) is 95.1. The molecule has 0 saturated heterocycles. The van der Waals surface area contributed by atoms with Crippen molar-refractivity contribution in [2.75, 3.05) is 39.6 Å². The predicted molar refractivity (Wildman–Crippen MR) is 395 cm³/mol. The summed E-state index contributed by atoms with van der Waals surface area (Å²) < 4.78 is 68.6. The predicted octanol–water partition coefficient (Wildman–Crippen LogP) is 23.0. The summed E-state index contributed by atoms with van der Waals surface area (Å²) >= 11 is 0. The molecule has 0 spiro atoms. The van der Waals surface area contributed by atoms with Crippen molar-refractivity contribution in [2.24, 2.45) is 17.8 Å². The summed E-state index contributed by atoms with van der Waals surface area (Å²) in [7, 11) is -9.92. The fraction of sp³-hybridized carbons (Fsp3) is 0.949. The summed E-state index contributed by atoms with van der Waals surface area (Å²) in [4.78, 5) is 72.9. The van der Waals surface area contributed by atoms with Crippen LogP contribution in [-0.4, -0.2) is 96.7 Å². The molecule has 0 radical (unpaired) electrons. The number of carbonyl (C=O) groups excluding carboxylic acids is 4. The van der Waals surface area contributed by atoms with Gasteiger partial charge in [-0.25, -0.2) is 9.13 Å². The Morgan fingerprint density at radius 2 is 0.526 bits per heavy atom. The molecule has 97 heavy (non-hydrogen) atoms. The van der Waals surface area contributed by atoms with Crippen molar-refractivity contribution in [3.05, 3.63) is 0 Å². The van der Waals surface area contributed by atoms with E-state index in [1.54, 1.807) is 0 Å². The molecule has 0 aromatic rings. The molecule has 0 amide bonds. The average molecular weight is 1420 g/mol. The zero-order valence-electron chi connectivity index (χ0n) is 63.5. The van der Waals surface area contributed by atoms with Gasteiger partial charge in [0.15, 0.2) is 12.2 Å². The maximum absolute atomic E-state index is 13.1. The van der Waals surface area contributed by atoms with Crippen LogP contribution in [-0.2, 0) is 65.4 Å². The molecule has 0 aliphatic heterocycles. The summed E-state index contributed by atoms with van der Waals surface area (Å²) in [6.07, 6.45) is 55.6. The van der Waals surface area contributed by atoms with Crippen LogP contribution >= 0.6 is 15.6 Å². The van der Waals surface area contributed by atoms with Crippen LogP contribution in [0, 0.1) is 17.8 Å². The number of phosphoric ester groups is 2. The van der Waals surface area contributed by atoms with Crippen molar-refractivity contribution in [1.29, 1.82) is 0 Å². The van der Waals surface area contributed by atoms with Crippen LogP contribution in [0.2, 0.25) is 0 Å². The van der Waals surface area contributed by atoms with Crippen LogP contribution in [0.4, 0.5) is 0 Å². The van der Waals surface area contributed by atoms with E-state index in [0.29, 0.717) is 25.7 Å². The Bertz CT molecular complexity index is 1890. The highest BCUT2D eigenvalue weighted by Gasteiger charge is 2.30. The highest BCUT2D eigenvalue weighted by molar-refractivity contribution is 7.47. The van der Waals surface area contributed by atoms with Crippen LogP contribution < -0.4 is 0 Å².